The molecule has 0 bridgehead atoms. The maximum atomic E-state index is 13.4. The number of anilines is 1. The van der Waals surface area contributed by atoms with Crippen molar-refractivity contribution in [2.45, 2.75) is 13.1 Å². The number of nitrogens with zero attached hydrogens (tertiary/aromatic N) is 4. The first-order valence-corrected chi connectivity index (χ1v) is 8.51. The van der Waals surface area contributed by atoms with Gasteiger partial charge < -0.3 is 5.32 Å². The quantitative estimate of drug-likeness (QED) is 0.464. The summed E-state index contributed by atoms with van der Waals surface area (Å²) in [6.07, 6.45) is -3.92. The zero-order chi connectivity index (χ0) is 21.2. The molecule has 0 aliphatic carbocycles. The van der Waals surface area contributed by atoms with Crippen LogP contribution in [-0.2, 0) is 6.18 Å². The number of hydrogen-bond donors (Lipinski definition) is 1. The topological polar surface area (TPSA) is 85.9 Å². The van der Waals surface area contributed by atoms with Crippen molar-refractivity contribution in [2.75, 3.05) is 5.32 Å². The van der Waals surface area contributed by atoms with Gasteiger partial charge in [-0.15, -0.1) is 10.2 Å². The molecule has 0 saturated carbocycles. The lowest BCUT2D eigenvalue weighted by atomic mass is 10.2. The second-order valence-corrected chi connectivity index (χ2v) is 6.39. The smallest absolute Gasteiger partial charge is 0.356 e. The Hall–Kier alpha value is -3.40. The van der Waals surface area contributed by atoms with Gasteiger partial charge in [0.2, 0.25) is 11.6 Å². The van der Waals surface area contributed by atoms with Crippen LogP contribution in [-0.4, -0.2) is 19.7 Å². The SMILES string of the molecule is Cc1ccc(-n2c(C(=CNc3cccc(Cl)c3)[N+](=O)[O-])nnc2C(F)(F)F)cc1. The Morgan fingerprint density at radius 2 is 1.90 bits per heavy atom. The summed E-state index contributed by atoms with van der Waals surface area (Å²) in [6, 6.07) is 12.3. The Kier molecular flexibility index (Phi) is 5.55. The van der Waals surface area contributed by atoms with Gasteiger partial charge in [-0.3, -0.25) is 14.7 Å². The summed E-state index contributed by atoms with van der Waals surface area (Å²) in [5.74, 6) is -1.94. The van der Waals surface area contributed by atoms with Crippen LogP contribution in [0.15, 0.2) is 54.7 Å². The Bertz CT molecular complexity index is 1080. The summed E-state index contributed by atoms with van der Waals surface area (Å²) < 4.78 is 40.9. The van der Waals surface area contributed by atoms with Gasteiger partial charge in [-0.25, -0.2) is 0 Å². The molecule has 1 N–H and O–H groups in total. The predicted molar refractivity (Wildman–Crippen MR) is 101 cm³/mol. The van der Waals surface area contributed by atoms with Gasteiger partial charge in [0.15, 0.2) is 0 Å². The number of benzene rings is 2. The van der Waals surface area contributed by atoms with Crippen LogP contribution in [0.4, 0.5) is 18.9 Å². The average molecular weight is 424 g/mol. The van der Waals surface area contributed by atoms with E-state index in [2.05, 4.69) is 15.5 Å². The molecule has 0 spiro atoms. The normalized spacial score (nSPS) is 12.1. The number of halogens is 4. The fourth-order valence-electron chi connectivity index (χ4n) is 2.50. The maximum absolute atomic E-state index is 13.4. The third-order valence-corrected chi connectivity index (χ3v) is 4.07. The fraction of sp³-hybridized carbons (Fsp3) is 0.111. The summed E-state index contributed by atoms with van der Waals surface area (Å²) in [4.78, 5) is 10.8. The molecule has 7 nitrogen and oxygen atoms in total. The van der Waals surface area contributed by atoms with E-state index in [-0.39, 0.29) is 5.69 Å². The Morgan fingerprint density at radius 3 is 2.48 bits per heavy atom. The molecule has 150 valence electrons. The highest BCUT2D eigenvalue weighted by molar-refractivity contribution is 6.30. The number of rotatable bonds is 5. The van der Waals surface area contributed by atoms with Crippen molar-refractivity contribution in [3.05, 3.63) is 87.1 Å². The Labute approximate surface area is 167 Å². The number of hydrogen-bond acceptors (Lipinski definition) is 5. The van der Waals surface area contributed by atoms with E-state index < -0.39 is 28.4 Å². The molecule has 1 aromatic heterocycles. The van der Waals surface area contributed by atoms with E-state index in [1.54, 1.807) is 37.3 Å². The summed E-state index contributed by atoms with van der Waals surface area (Å²) in [6.45, 7) is 1.76. The van der Waals surface area contributed by atoms with Crippen LogP contribution < -0.4 is 5.32 Å². The van der Waals surface area contributed by atoms with E-state index in [1.807, 2.05) is 0 Å². The highest BCUT2D eigenvalue weighted by Gasteiger charge is 2.41. The van der Waals surface area contributed by atoms with Crippen LogP contribution in [0.3, 0.4) is 0 Å². The zero-order valence-electron chi connectivity index (χ0n) is 14.8. The third kappa shape index (κ3) is 4.54. The molecule has 0 atom stereocenters. The number of aromatic nitrogens is 3. The first-order valence-electron chi connectivity index (χ1n) is 8.13. The summed E-state index contributed by atoms with van der Waals surface area (Å²) in [5.41, 5.74) is 0.561. The molecule has 0 amide bonds. The molecular weight excluding hydrogens is 411 g/mol. The predicted octanol–water partition coefficient (Wildman–Crippen LogP) is 4.94. The van der Waals surface area contributed by atoms with Crippen molar-refractivity contribution in [2.24, 2.45) is 0 Å². The van der Waals surface area contributed by atoms with Crippen molar-refractivity contribution in [3.63, 3.8) is 0 Å². The zero-order valence-corrected chi connectivity index (χ0v) is 15.6. The average Bonchev–Trinajstić information content (AvgIpc) is 3.07. The van der Waals surface area contributed by atoms with E-state index in [1.165, 1.54) is 18.2 Å². The summed E-state index contributed by atoms with van der Waals surface area (Å²) in [5, 5.41) is 21.2. The first-order chi connectivity index (χ1) is 13.7. The minimum Gasteiger partial charge on any atom is -0.356 e. The second kappa shape index (κ2) is 7.92. The number of alkyl halides is 3. The van der Waals surface area contributed by atoms with Crippen molar-refractivity contribution >= 4 is 23.0 Å². The highest BCUT2D eigenvalue weighted by atomic mass is 35.5. The highest BCUT2D eigenvalue weighted by Crippen LogP contribution is 2.32. The van der Waals surface area contributed by atoms with Gasteiger partial charge in [0, 0.05) is 16.4 Å². The van der Waals surface area contributed by atoms with Crippen LogP contribution in [0.5, 0.6) is 0 Å². The van der Waals surface area contributed by atoms with Gasteiger partial charge in [0.05, 0.1) is 11.1 Å². The van der Waals surface area contributed by atoms with E-state index in [9.17, 15) is 23.3 Å². The maximum Gasteiger partial charge on any atom is 0.452 e. The molecule has 0 aliphatic rings. The van der Waals surface area contributed by atoms with Crippen molar-refractivity contribution in [1.29, 1.82) is 0 Å². The molecule has 0 radical (unpaired) electrons. The lowest BCUT2D eigenvalue weighted by Crippen LogP contribution is -2.16. The number of aryl methyl sites for hydroxylation is 1. The largest absolute Gasteiger partial charge is 0.452 e. The van der Waals surface area contributed by atoms with Gasteiger partial charge in [0.25, 0.3) is 0 Å². The van der Waals surface area contributed by atoms with Crippen LogP contribution in [0, 0.1) is 17.0 Å². The van der Waals surface area contributed by atoms with Crippen molar-refractivity contribution in [3.8, 4) is 5.69 Å². The van der Waals surface area contributed by atoms with E-state index >= 15 is 0 Å². The monoisotopic (exact) mass is 423 g/mol. The molecular formula is C18H13ClF3N5O2. The fourth-order valence-corrected chi connectivity index (χ4v) is 2.69. The molecule has 0 unspecified atom stereocenters. The third-order valence-electron chi connectivity index (χ3n) is 3.83. The molecule has 29 heavy (non-hydrogen) atoms. The van der Waals surface area contributed by atoms with Crippen LogP contribution >= 0.6 is 11.6 Å². The van der Waals surface area contributed by atoms with Gasteiger partial charge in [-0.05, 0) is 37.3 Å². The molecule has 3 rings (SSSR count). The second-order valence-electron chi connectivity index (χ2n) is 5.96. The van der Waals surface area contributed by atoms with Gasteiger partial charge in [-0.2, -0.15) is 13.2 Å². The van der Waals surface area contributed by atoms with E-state index in [0.717, 1.165) is 11.8 Å². The van der Waals surface area contributed by atoms with Gasteiger partial charge >= 0.3 is 11.9 Å². The number of nitro groups is 1. The molecule has 2 aromatic carbocycles. The Balaban J connectivity index is 2.13. The van der Waals surface area contributed by atoms with Crippen molar-refractivity contribution in [1.82, 2.24) is 14.8 Å². The Morgan fingerprint density at radius 1 is 1.21 bits per heavy atom. The van der Waals surface area contributed by atoms with E-state index in [0.29, 0.717) is 15.3 Å². The minimum atomic E-state index is -4.86. The van der Waals surface area contributed by atoms with Crippen molar-refractivity contribution < 1.29 is 18.1 Å². The van der Waals surface area contributed by atoms with Gasteiger partial charge in [-0.1, -0.05) is 35.4 Å². The van der Waals surface area contributed by atoms with Crippen LogP contribution in [0.2, 0.25) is 5.02 Å². The summed E-state index contributed by atoms with van der Waals surface area (Å²) >= 11 is 5.87. The molecule has 0 aliphatic heterocycles. The first kappa shape index (κ1) is 20.3. The van der Waals surface area contributed by atoms with Gasteiger partial charge in [0.1, 0.15) is 0 Å². The standard InChI is InChI=1S/C18H13ClF3N5O2/c1-11-5-7-14(8-6-11)26-16(24-25-17(26)18(20,21)22)15(27(28)29)10-23-13-4-2-3-12(19)9-13/h2-10,23H,1H3. The lowest BCUT2D eigenvalue weighted by Gasteiger charge is -2.11. The molecule has 3 aromatic rings. The molecule has 0 fully saturated rings. The van der Waals surface area contributed by atoms with Crippen LogP contribution in [0.1, 0.15) is 17.2 Å². The molecule has 11 heteroatoms. The molecule has 0 saturated heterocycles. The minimum absolute atomic E-state index is 0.0402. The lowest BCUT2D eigenvalue weighted by molar-refractivity contribution is -0.376. The van der Waals surface area contributed by atoms with E-state index in [4.69, 9.17) is 11.6 Å². The molecule has 1 heterocycles. The van der Waals surface area contributed by atoms with Crippen LogP contribution in [0.25, 0.3) is 11.4 Å². The summed E-state index contributed by atoms with van der Waals surface area (Å²) in [7, 11) is 0. The number of nitrogens with one attached hydrogen (secondary N) is 1.